The van der Waals surface area contributed by atoms with Crippen molar-refractivity contribution >= 4 is 0 Å². The molecule has 112 valence electrons. The van der Waals surface area contributed by atoms with Gasteiger partial charge in [0.15, 0.2) is 0 Å². The normalized spacial score (nSPS) is 12.7. The zero-order valence-electron chi connectivity index (χ0n) is 12.2. The highest BCUT2D eigenvalue weighted by molar-refractivity contribution is 5.27. The molecule has 0 bridgehead atoms. The fourth-order valence-electron chi connectivity index (χ4n) is 1.82. The Morgan fingerprint density at radius 2 is 1.95 bits per heavy atom. The molecule has 1 atom stereocenters. The van der Waals surface area contributed by atoms with Crippen LogP contribution in [0.5, 0.6) is 5.75 Å². The summed E-state index contributed by atoms with van der Waals surface area (Å²) in [5, 5.41) is 25.5. The molecule has 20 heavy (non-hydrogen) atoms. The maximum atomic E-state index is 9.93. The van der Waals surface area contributed by atoms with Gasteiger partial charge in [-0.3, -0.25) is 0 Å². The van der Waals surface area contributed by atoms with Crippen molar-refractivity contribution < 1.29 is 10.2 Å². The number of hydrogen-bond acceptors (Lipinski definition) is 4. The lowest BCUT2D eigenvalue weighted by Gasteiger charge is -2.11. The van der Waals surface area contributed by atoms with Crippen LogP contribution in [0.25, 0.3) is 0 Å². The van der Waals surface area contributed by atoms with Crippen LogP contribution in [-0.4, -0.2) is 29.8 Å². The summed E-state index contributed by atoms with van der Waals surface area (Å²) < 4.78 is 0. The molecule has 0 radical (unpaired) electrons. The summed E-state index contributed by atoms with van der Waals surface area (Å²) in [6, 6.07) is 6.62. The van der Waals surface area contributed by atoms with Crippen LogP contribution in [0.2, 0.25) is 0 Å². The van der Waals surface area contributed by atoms with Crippen LogP contribution >= 0.6 is 0 Å². The lowest BCUT2D eigenvalue weighted by molar-refractivity contribution is 0.176. The van der Waals surface area contributed by atoms with E-state index >= 15 is 0 Å². The molecule has 1 aromatic rings. The first-order valence-electron chi connectivity index (χ1n) is 7.30. The molecular formula is C16H26N2O2. The second-order valence-corrected chi connectivity index (χ2v) is 4.83. The number of benzene rings is 1. The minimum Gasteiger partial charge on any atom is -0.508 e. The van der Waals surface area contributed by atoms with Gasteiger partial charge in [0.2, 0.25) is 0 Å². The molecule has 0 heterocycles. The van der Waals surface area contributed by atoms with Gasteiger partial charge in [0.25, 0.3) is 0 Å². The number of unbranched alkanes of at least 4 members (excludes halogenated alkanes) is 2. The van der Waals surface area contributed by atoms with E-state index in [-0.39, 0.29) is 5.75 Å². The van der Waals surface area contributed by atoms with Crippen molar-refractivity contribution in [1.82, 2.24) is 10.6 Å². The zero-order chi connectivity index (χ0) is 14.6. The summed E-state index contributed by atoms with van der Waals surface area (Å²) in [5.41, 5.74) is 0.803. The molecule has 0 aromatic heterocycles. The highest BCUT2D eigenvalue weighted by Crippen LogP contribution is 2.15. The van der Waals surface area contributed by atoms with E-state index in [0.717, 1.165) is 18.7 Å². The Kier molecular flexibility index (Phi) is 8.51. The monoisotopic (exact) mass is 278 g/mol. The molecular weight excluding hydrogens is 252 g/mol. The lowest BCUT2D eigenvalue weighted by Crippen LogP contribution is -2.21. The number of aliphatic hydroxyl groups excluding tert-OH is 1. The van der Waals surface area contributed by atoms with Gasteiger partial charge in [0, 0.05) is 19.6 Å². The smallest absolute Gasteiger partial charge is 0.115 e. The predicted molar refractivity (Wildman–Crippen MR) is 82.6 cm³/mol. The van der Waals surface area contributed by atoms with Crippen molar-refractivity contribution in [2.24, 2.45) is 0 Å². The van der Waals surface area contributed by atoms with Crippen LogP contribution in [0.1, 0.15) is 37.9 Å². The van der Waals surface area contributed by atoms with E-state index in [1.54, 1.807) is 24.3 Å². The van der Waals surface area contributed by atoms with E-state index < -0.39 is 6.10 Å². The second kappa shape index (κ2) is 10.3. The number of aliphatic hydroxyl groups is 1. The molecule has 1 aromatic carbocycles. The molecule has 0 aliphatic heterocycles. The van der Waals surface area contributed by atoms with Crippen LogP contribution < -0.4 is 10.6 Å². The third-order valence-electron chi connectivity index (χ3n) is 3.04. The summed E-state index contributed by atoms with van der Waals surface area (Å²) in [4.78, 5) is 0. The van der Waals surface area contributed by atoms with E-state index in [4.69, 9.17) is 0 Å². The molecule has 4 nitrogen and oxygen atoms in total. The third-order valence-corrected chi connectivity index (χ3v) is 3.04. The highest BCUT2D eigenvalue weighted by Gasteiger charge is 2.05. The standard InChI is InChI=1S/C16H26N2O2/c1-2-3-4-10-17-11-5-12-18-13-16(20)14-6-8-15(19)9-7-14/h5-9,11,16-20H,2-4,10,12-13H2,1H3. The molecule has 1 unspecified atom stereocenters. The van der Waals surface area contributed by atoms with Crippen LogP contribution in [0.3, 0.4) is 0 Å². The summed E-state index contributed by atoms with van der Waals surface area (Å²) in [6.07, 6.45) is 7.11. The van der Waals surface area contributed by atoms with Crippen LogP contribution in [0.15, 0.2) is 36.5 Å². The fourth-order valence-corrected chi connectivity index (χ4v) is 1.82. The van der Waals surface area contributed by atoms with Crippen molar-refractivity contribution in [3.05, 3.63) is 42.1 Å². The van der Waals surface area contributed by atoms with Crippen LogP contribution in [0.4, 0.5) is 0 Å². The van der Waals surface area contributed by atoms with Crippen molar-refractivity contribution in [2.75, 3.05) is 19.6 Å². The molecule has 1 rings (SSSR count). The van der Waals surface area contributed by atoms with Gasteiger partial charge in [0.1, 0.15) is 5.75 Å². The Balaban J connectivity index is 2.08. The quantitative estimate of drug-likeness (QED) is 0.496. The number of phenolic OH excluding ortho intramolecular Hbond substituents is 1. The largest absolute Gasteiger partial charge is 0.508 e. The Bertz CT molecular complexity index is 377. The summed E-state index contributed by atoms with van der Waals surface area (Å²) in [6.45, 7) is 4.42. The third kappa shape index (κ3) is 7.16. The highest BCUT2D eigenvalue weighted by atomic mass is 16.3. The van der Waals surface area contributed by atoms with Crippen LogP contribution in [0, 0.1) is 0 Å². The molecule has 0 amide bonds. The molecule has 4 N–H and O–H groups in total. The number of phenols is 1. The minimum absolute atomic E-state index is 0.214. The van der Waals surface area contributed by atoms with Crippen molar-refractivity contribution in [3.8, 4) is 5.75 Å². The van der Waals surface area contributed by atoms with Crippen LogP contribution in [-0.2, 0) is 0 Å². The maximum Gasteiger partial charge on any atom is 0.115 e. The molecule has 0 aliphatic rings. The minimum atomic E-state index is -0.554. The molecule has 0 saturated heterocycles. The average Bonchev–Trinajstić information content (AvgIpc) is 2.46. The van der Waals surface area contributed by atoms with Crippen molar-refractivity contribution in [3.63, 3.8) is 0 Å². The second-order valence-electron chi connectivity index (χ2n) is 4.83. The first-order chi connectivity index (χ1) is 9.74. The van der Waals surface area contributed by atoms with E-state index in [1.165, 1.54) is 19.3 Å². The first kappa shape index (κ1) is 16.5. The van der Waals surface area contributed by atoms with E-state index in [9.17, 15) is 10.2 Å². The van der Waals surface area contributed by atoms with E-state index in [0.29, 0.717) is 6.54 Å². The SMILES string of the molecule is CCCCCNC=CCNCC(O)c1ccc(O)cc1. The van der Waals surface area contributed by atoms with Gasteiger partial charge in [-0.25, -0.2) is 0 Å². The number of aromatic hydroxyl groups is 1. The number of nitrogens with one attached hydrogen (secondary N) is 2. The molecule has 0 saturated carbocycles. The number of rotatable bonds is 10. The Morgan fingerprint density at radius 1 is 1.20 bits per heavy atom. The Labute approximate surface area is 121 Å². The maximum absolute atomic E-state index is 9.93. The Hall–Kier alpha value is -1.52. The summed E-state index contributed by atoms with van der Waals surface area (Å²) in [5.74, 6) is 0.214. The summed E-state index contributed by atoms with van der Waals surface area (Å²) in [7, 11) is 0. The van der Waals surface area contributed by atoms with Gasteiger partial charge in [-0.2, -0.15) is 0 Å². The zero-order valence-corrected chi connectivity index (χ0v) is 12.2. The molecule has 0 fully saturated rings. The van der Waals surface area contributed by atoms with E-state index in [1.807, 2.05) is 12.3 Å². The topological polar surface area (TPSA) is 64.5 Å². The molecule has 4 heteroatoms. The van der Waals surface area contributed by atoms with Gasteiger partial charge in [-0.1, -0.05) is 38.0 Å². The Morgan fingerprint density at radius 3 is 2.65 bits per heavy atom. The van der Waals surface area contributed by atoms with Crippen molar-refractivity contribution in [2.45, 2.75) is 32.3 Å². The lowest BCUT2D eigenvalue weighted by atomic mass is 10.1. The van der Waals surface area contributed by atoms with Gasteiger partial charge in [0.05, 0.1) is 6.10 Å². The van der Waals surface area contributed by atoms with E-state index in [2.05, 4.69) is 17.6 Å². The average molecular weight is 278 g/mol. The van der Waals surface area contributed by atoms with Gasteiger partial charge in [-0.15, -0.1) is 0 Å². The fraction of sp³-hybridized carbons (Fsp3) is 0.500. The molecule has 0 spiro atoms. The van der Waals surface area contributed by atoms with Crippen molar-refractivity contribution in [1.29, 1.82) is 0 Å². The van der Waals surface area contributed by atoms with Gasteiger partial charge >= 0.3 is 0 Å². The predicted octanol–water partition coefficient (Wildman–Crippen LogP) is 2.31. The molecule has 0 aliphatic carbocycles. The number of hydrogen-bond donors (Lipinski definition) is 4. The van der Waals surface area contributed by atoms with Gasteiger partial charge < -0.3 is 20.8 Å². The first-order valence-corrected chi connectivity index (χ1v) is 7.30. The van der Waals surface area contributed by atoms with Gasteiger partial charge in [-0.05, 0) is 30.3 Å². The summed E-state index contributed by atoms with van der Waals surface area (Å²) >= 11 is 0.